The van der Waals surface area contributed by atoms with Gasteiger partial charge in [0.25, 0.3) is 0 Å². The zero-order valence-corrected chi connectivity index (χ0v) is 13.1. The Hall–Kier alpha value is -1.15. The summed E-state index contributed by atoms with van der Waals surface area (Å²) in [6, 6.07) is 4.13. The standard InChI is InChI=1S/C9H4FN2O2.Hg/c10-6-2-7-8(1-5(6)3-11)14-4-9(13)12-7;/h1-2,4H,(H,12,13);. The molecule has 15 heavy (non-hydrogen) atoms. The topological polar surface area (TPSA) is 62.1 Å². The van der Waals surface area contributed by atoms with Crippen molar-refractivity contribution in [3.8, 4) is 11.8 Å². The van der Waals surface area contributed by atoms with Crippen LogP contribution < -0.4 is 10.1 Å². The molecule has 6 heteroatoms. The third-order valence-corrected chi connectivity index (χ3v) is 4.10. The Balaban J connectivity index is 2.51. The molecule has 1 atom stereocenters. The summed E-state index contributed by atoms with van der Waals surface area (Å²) in [6.45, 7) is 0. The third-order valence-electron chi connectivity index (χ3n) is 2.01. The number of hydrogen-bond donors (Lipinski definition) is 1. The van der Waals surface area contributed by atoms with Crippen LogP contribution in [0.2, 0.25) is 0 Å². The number of carbonyl (C=O) groups excluding carboxylic acids is 1. The van der Waals surface area contributed by atoms with E-state index in [1.165, 1.54) is 6.07 Å². The van der Waals surface area contributed by atoms with Crippen molar-refractivity contribution in [1.29, 1.82) is 5.26 Å². The van der Waals surface area contributed by atoms with Crippen LogP contribution in [0.5, 0.6) is 5.75 Å². The van der Waals surface area contributed by atoms with E-state index in [4.69, 9.17) is 10.00 Å². The van der Waals surface area contributed by atoms with Gasteiger partial charge in [-0.1, -0.05) is 0 Å². The monoisotopic (exact) mass is 393 g/mol. The van der Waals surface area contributed by atoms with Crippen LogP contribution in [0.4, 0.5) is 10.1 Å². The molecule has 0 aromatic heterocycles. The summed E-state index contributed by atoms with van der Waals surface area (Å²) >= 11 is 0.125. The second-order valence-corrected chi connectivity index (χ2v) is 5.92. The number of amides is 1. The summed E-state index contributed by atoms with van der Waals surface area (Å²) in [7, 11) is 0. The molecule has 0 spiro atoms. The van der Waals surface area contributed by atoms with Gasteiger partial charge >= 0.3 is 101 Å². The van der Waals surface area contributed by atoms with E-state index in [0.29, 0.717) is 11.4 Å². The molecular weight excluding hydrogens is 388 g/mol. The normalized spacial score (nSPS) is 18.5. The van der Waals surface area contributed by atoms with Crippen LogP contribution in [-0.4, -0.2) is 9.52 Å². The Kier molecular flexibility index (Phi) is 2.61. The molecule has 71 valence electrons. The maximum atomic E-state index is 13.2. The van der Waals surface area contributed by atoms with Crippen molar-refractivity contribution < 1.29 is 40.0 Å². The molecule has 1 amide bonds. The summed E-state index contributed by atoms with van der Waals surface area (Å²) in [5, 5.41) is 11.2. The zero-order chi connectivity index (χ0) is 11.0. The van der Waals surface area contributed by atoms with Gasteiger partial charge in [0.2, 0.25) is 0 Å². The van der Waals surface area contributed by atoms with Crippen molar-refractivity contribution in [2.75, 3.05) is 5.32 Å². The van der Waals surface area contributed by atoms with Gasteiger partial charge in [0.05, 0.1) is 0 Å². The van der Waals surface area contributed by atoms with Gasteiger partial charge < -0.3 is 0 Å². The van der Waals surface area contributed by atoms with Crippen molar-refractivity contribution in [3.05, 3.63) is 23.5 Å². The molecule has 0 bridgehead atoms. The Bertz CT molecular complexity index is 484. The molecule has 0 radical (unpaired) electrons. The van der Waals surface area contributed by atoms with Crippen LogP contribution in [-0.2, 0) is 30.9 Å². The van der Waals surface area contributed by atoms with Crippen molar-refractivity contribution in [1.82, 2.24) is 0 Å². The van der Waals surface area contributed by atoms with Gasteiger partial charge in [0.1, 0.15) is 0 Å². The second-order valence-electron chi connectivity index (χ2n) is 3.04. The van der Waals surface area contributed by atoms with Gasteiger partial charge in [-0.15, -0.1) is 0 Å². The van der Waals surface area contributed by atoms with Gasteiger partial charge in [-0.3, -0.25) is 0 Å². The number of nitriles is 1. The molecular formula is C9H4FHgN2O2. The summed E-state index contributed by atoms with van der Waals surface area (Å²) in [4.78, 5) is 11.2. The van der Waals surface area contributed by atoms with Crippen LogP contribution in [0.3, 0.4) is 0 Å². The fourth-order valence-corrected chi connectivity index (χ4v) is 2.35. The number of ether oxygens (including phenoxy) is 1. The van der Waals surface area contributed by atoms with Crippen LogP contribution in [0.1, 0.15) is 5.56 Å². The first kappa shape index (κ1) is 10.4. The second kappa shape index (κ2) is 3.78. The molecule has 1 aromatic carbocycles. The van der Waals surface area contributed by atoms with Crippen LogP contribution in [0, 0.1) is 17.1 Å². The van der Waals surface area contributed by atoms with E-state index in [1.54, 1.807) is 6.07 Å². The van der Waals surface area contributed by atoms with Crippen LogP contribution in [0.25, 0.3) is 0 Å². The van der Waals surface area contributed by atoms with E-state index < -0.39 is 9.43 Å². The first-order valence-corrected chi connectivity index (χ1v) is 7.33. The molecule has 0 fully saturated rings. The molecule has 0 saturated carbocycles. The first-order valence-electron chi connectivity index (χ1n) is 4.16. The molecule has 4 nitrogen and oxygen atoms in total. The number of halogens is 1. The van der Waals surface area contributed by atoms with E-state index in [0.717, 1.165) is 6.07 Å². The molecule has 0 aliphatic carbocycles. The Morgan fingerprint density at radius 2 is 2.33 bits per heavy atom. The predicted molar refractivity (Wildman–Crippen MR) is 44.2 cm³/mol. The molecule has 1 unspecified atom stereocenters. The van der Waals surface area contributed by atoms with E-state index in [2.05, 4.69) is 5.32 Å². The van der Waals surface area contributed by atoms with Gasteiger partial charge in [-0.25, -0.2) is 0 Å². The van der Waals surface area contributed by atoms with Crippen molar-refractivity contribution in [2.45, 2.75) is 3.61 Å². The zero-order valence-electron chi connectivity index (χ0n) is 7.58. The van der Waals surface area contributed by atoms with E-state index >= 15 is 0 Å². The van der Waals surface area contributed by atoms with Crippen molar-refractivity contribution in [2.24, 2.45) is 0 Å². The number of nitrogens with one attached hydrogen (secondary N) is 1. The van der Waals surface area contributed by atoms with Gasteiger partial charge in [0, 0.05) is 0 Å². The van der Waals surface area contributed by atoms with E-state index in [-0.39, 0.29) is 37.6 Å². The minimum absolute atomic E-state index is 0.0783. The van der Waals surface area contributed by atoms with Crippen molar-refractivity contribution in [3.63, 3.8) is 0 Å². The number of hydrogen-bond acceptors (Lipinski definition) is 3. The predicted octanol–water partition coefficient (Wildman–Crippen LogP) is 0.901. The molecule has 1 aromatic rings. The number of rotatable bonds is 0. The number of carbonyl (C=O) groups is 1. The molecule has 1 N–H and O–H groups in total. The number of benzene rings is 1. The van der Waals surface area contributed by atoms with Gasteiger partial charge in [-0.2, -0.15) is 0 Å². The molecule has 0 saturated heterocycles. The minimum atomic E-state index is -0.656. The SMILES string of the molecule is N#Cc1cc2c(cc1F)NC(=O)[CH]([Hg])O2. The van der Waals surface area contributed by atoms with Crippen LogP contribution >= 0.6 is 0 Å². The Morgan fingerprint density at radius 1 is 1.60 bits per heavy atom. The van der Waals surface area contributed by atoms with Gasteiger partial charge in [0.15, 0.2) is 0 Å². The third kappa shape index (κ3) is 1.82. The van der Waals surface area contributed by atoms with E-state index in [1.807, 2.05) is 0 Å². The van der Waals surface area contributed by atoms with E-state index in [9.17, 15) is 9.18 Å². The Morgan fingerprint density at radius 3 is 3.00 bits per heavy atom. The molecule has 1 aliphatic rings. The van der Waals surface area contributed by atoms with Crippen molar-refractivity contribution >= 4 is 11.6 Å². The molecule has 1 heterocycles. The maximum absolute atomic E-state index is 13.2. The summed E-state index contributed by atoms with van der Waals surface area (Å²) in [6.07, 6.45) is 0. The number of nitrogens with zero attached hydrogens (tertiary/aromatic N) is 1. The quantitative estimate of drug-likeness (QED) is 0.669. The number of anilines is 1. The summed E-state index contributed by atoms with van der Waals surface area (Å²) in [5.74, 6) is -0.528. The summed E-state index contributed by atoms with van der Waals surface area (Å²) < 4.78 is 18.0. The first-order chi connectivity index (χ1) is 7.11. The van der Waals surface area contributed by atoms with Gasteiger partial charge in [-0.05, 0) is 0 Å². The van der Waals surface area contributed by atoms with Crippen LogP contribution in [0.15, 0.2) is 12.1 Å². The number of fused-ring (bicyclic) bond motifs is 1. The molecule has 2 rings (SSSR count). The average Bonchev–Trinajstić information content (AvgIpc) is 2.20. The summed E-state index contributed by atoms with van der Waals surface area (Å²) in [5.41, 5.74) is 0.212. The average molecular weight is 392 g/mol. The Labute approximate surface area is 101 Å². The fourth-order valence-electron chi connectivity index (χ4n) is 1.25. The fraction of sp³-hybridized carbons (Fsp3) is 0.111. The molecule has 1 aliphatic heterocycles.